The third-order valence-electron chi connectivity index (χ3n) is 12.2. The average Bonchev–Trinajstić information content (AvgIpc) is 3.87. The van der Waals surface area contributed by atoms with E-state index in [1.165, 1.54) is 22.3 Å². The lowest BCUT2D eigenvalue weighted by Crippen LogP contribution is -2.18. The maximum absolute atomic E-state index is 12.8. The van der Waals surface area contributed by atoms with Gasteiger partial charge in [0.25, 0.3) is 0 Å². The van der Waals surface area contributed by atoms with Gasteiger partial charge in [-0.15, -0.1) is 0 Å². The zero-order valence-electron chi connectivity index (χ0n) is 26.1. The number of hydrogen-bond donors (Lipinski definition) is 4. The Kier molecular flexibility index (Phi) is 5.14. The van der Waals surface area contributed by atoms with Crippen molar-refractivity contribution in [1.29, 1.82) is 0 Å². The second kappa shape index (κ2) is 9.22. The normalized spacial score (nSPS) is 28.2. The number of H-pyrrole nitrogens is 2. The molecular formula is C40H32N4O4. The van der Waals surface area contributed by atoms with E-state index in [0.29, 0.717) is 11.8 Å². The summed E-state index contributed by atoms with van der Waals surface area (Å²) in [7, 11) is 0. The van der Waals surface area contributed by atoms with Crippen molar-refractivity contribution in [3.05, 3.63) is 106 Å². The molecule has 6 unspecified atom stereocenters. The first-order valence-electron chi connectivity index (χ1n) is 17.2. The second-order valence-corrected chi connectivity index (χ2v) is 14.6. The maximum atomic E-state index is 12.8. The van der Waals surface area contributed by atoms with Crippen molar-refractivity contribution in [2.24, 2.45) is 11.8 Å². The number of aliphatic carboxylic acids is 2. The number of allylic oxidation sites excluding steroid dienone is 8. The molecule has 0 radical (unpaired) electrons. The van der Waals surface area contributed by atoms with Gasteiger partial charge in [0.15, 0.2) is 0 Å². The molecule has 0 amide bonds. The van der Waals surface area contributed by atoms with Crippen molar-refractivity contribution in [2.75, 3.05) is 0 Å². The molecule has 0 saturated carbocycles. The maximum Gasteiger partial charge on any atom is 0.338 e. The van der Waals surface area contributed by atoms with Gasteiger partial charge in [0, 0.05) is 57.6 Å². The van der Waals surface area contributed by atoms with Crippen LogP contribution in [-0.4, -0.2) is 42.1 Å². The van der Waals surface area contributed by atoms with E-state index in [2.05, 4.69) is 58.6 Å². The molecule has 8 heteroatoms. The lowest BCUT2D eigenvalue weighted by Gasteiger charge is -2.33. The van der Waals surface area contributed by atoms with E-state index in [-0.39, 0.29) is 46.2 Å². The lowest BCUT2D eigenvalue weighted by molar-refractivity contribution is -0.132. The van der Waals surface area contributed by atoms with Crippen molar-refractivity contribution in [1.82, 2.24) is 19.9 Å². The van der Waals surface area contributed by atoms with Crippen LogP contribution in [0.15, 0.2) is 60.7 Å². The van der Waals surface area contributed by atoms with Gasteiger partial charge in [0.05, 0.1) is 22.8 Å². The Bertz CT molecular complexity index is 2250. The van der Waals surface area contributed by atoms with Gasteiger partial charge >= 0.3 is 11.9 Å². The summed E-state index contributed by atoms with van der Waals surface area (Å²) in [6.45, 7) is 0. The van der Waals surface area contributed by atoms with Gasteiger partial charge in [-0.25, -0.2) is 19.6 Å². The summed E-state index contributed by atoms with van der Waals surface area (Å²) in [5.41, 5.74) is 12.8. The summed E-state index contributed by atoms with van der Waals surface area (Å²) < 4.78 is 0. The van der Waals surface area contributed by atoms with Gasteiger partial charge in [-0.1, -0.05) is 36.5 Å². The van der Waals surface area contributed by atoms with E-state index in [9.17, 15) is 19.8 Å². The molecule has 3 aromatic heterocycles. The fourth-order valence-electron chi connectivity index (χ4n) is 10.3. The summed E-state index contributed by atoms with van der Waals surface area (Å²) in [6.07, 6.45) is 20.3. The van der Waals surface area contributed by atoms with Crippen LogP contribution in [0, 0.1) is 11.8 Å². The highest BCUT2D eigenvalue weighted by atomic mass is 16.4. The molecule has 5 heterocycles. The first-order valence-corrected chi connectivity index (χ1v) is 17.2. The molecule has 0 spiro atoms. The number of nitrogens with one attached hydrogen (secondary N) is 2. The Balaban J connectivity index is 1.31. The second-order valence-electron chi connectivity index (χ2n) is 14.6. The van der Waals surface area contributed by atoms with E-state index in [1.807, 2.05) is 0 Å². The fraction of sp³-hybridized carbons (Fsp3) is 0.300. The molecule has 8 nitrogen and oxygen atoms in total. The van der Waals surface area contributed by atoms with Crippen LogP contribution in [0.1, 0.15) is 107 Å². The fourth-order valence-corrected chi connectivity index (χ4v) is 10.3. The van der Waals surface area contributed by atoms with Crippen LogP contribution in [0.5, 0.6) is 0 Å². The number of aromatic nitrogens is 4. The largest absolute Gasteiger partial charge is 0.478 e. The molecule has 2 aliphatic heterocycles. The van der Waals surface area contributed by atoms with Gasteiger partial charge in [-0.3, -0.25) is 0 Å². The highest BCUT2D eigenvalue weighted by molar-refractivity contribution is 6.37. The molecule has 9 aliphatic carbocycles. The van der Waals surface area contributed by atoms with E-state index in [0.717, 1.165) is 83.1 Å². The quantitative estimate of drug-likeness (QED) is 0.212. The zero-order valence-corrected chi connectivity index (χ0v) is 26.1. The Morgan fingerprint density at radius 3 is 1.08 bits per heavy atom. The molecular weight excluding hydrogens is 600 g/mol. The molecule has 0 aromatic carbocycles. The number of hydrogen-bond acceptors (Lipinski definition) is 4. The summed E-state index contributed by atoms with van der Waals surface area (Å²) in [5.74, 6) is -1.04. The Morgan fingerprint density at radius 1 is 0.479 bits per heavy atom. The van der Waals surface area contributed by atoms with Crippen molar-refractivity contribution < 1.29 is 19.8 Å². The van der Waals surface area contributed by atoms with Crippen LogP contribution in [0.3, 0.4) is 0 Å². The summed E-state index contributed by atoms with van der Waals surface area (Å²) in [4.78, 5) is 43.1. The number of rotatable bonds is 2. The van der Waals surface area contributed by atoms with Gasteiger partial charge in [-0.2, -0.15) is 0 Å². The molecule has 6 atom stereocenters. The highest BCUT2D eigenvalue weighted by Gasteiger charge is 2.39. The number of fused-ring (bicyclic) bond motifs is 11. The molecule has 11 aliphatic rings. The molecule has 4 N–H and O–H groups in total. The first kappa shape index (κ1) is 26.8. The lowest BCUT2D eigenvalue weighted by atomic mass is 9.70. The van der Waals surface area contributed by atoms with Crippen molar-refractivity contribution in [3.8, 4) is 0 Å². The van der Waals surface area contributed by atoms with Gasteiger partial charge in [0.1, 0.15) is 11.1 Å². The SMILES string of the molecule is O=C(O)C1=C(C(=O)O)c2cc3[nH]c(cc4nc(cc5[nH]c(cc1n2)c1c5C2C=CC1CC2)C1=C4C2C=CC1CC2)c1c3C2C=CC1CC2. The first-order chi connectivity index (χ1) is 23.4. The van der Waals surface area contributed by atoms with Gasteiger partial charge in [0.2, 0.25) is 0 Å². The topological polar surface area (TPSA) is 132 Å². The average molecular weight is 633 g/mol. The van der Waals surface area contributed by atoms with Crippen LogP contribution in [0.2, 0.25) is 0 Å². The molecule has 0 saturated heterocycles. The number of carbonyl (C=O) groups is 2. The minimum Gasteiger partial charge on any atom is -0.478 e. The molecule has 0 fully saturated rings. The molecule has 14 rings (SSSR count). The Hall–Kier alpha value is -5.24. The Labute approximate surface area is 275 Å². The van der Waals surface area contributed by atoms with Crippen LogP contribution in [0.4, 0.5) is 0 Å². The smallest absolute Gasteiger partial charge is 0.338 e. The van der Waals surface area contributed by atoms with Crippen LogP contribution < -0.4 is 0 Å². The monoisotopic (exact) mass is 632 g/mol. The number of nitrogens with zero attached hydrogens (tertiary/aromatic N) is 2. The third kappa shape index (κ3) is 3.45. The highest BCUT2D eigenvalue weighted by Crippen LogP contribution is 2.54. The van der Waals surface area contributed by atoms with E-state index >= 15 is 0 Å². The van der Waals surface area contributed by atoms with Crippen molar-refractivity contribution in [3.63, 3.8) is 0 Å². The summed E-state index contributed by atoms with van der Waals surface area (Å²) in [5, 5.41) is 20.9. The molecule has 3 aromatic rings. The Morgan fingerprint density at radius 2 is 0.771 bits per heavy atom. The van der Waals surface area contributed by atoms with E-state index in [4.69, 9.17) is 9.97 Å². The zero-order chi connectivity index (χ0) is 32.0. The van der Waals surface area contributed by atoms with Gasteiger partial charge < -0.3 is 20.2 Å². The number of carboxylic acid groups (broad SMARTS) is 2. The van der Waals surface area contributed by atoms with E-state index < -0.39 is 11.9 Å². The summed E-state index contributed by atoms with van der Waals surface area (Å²) in [6, 6.07) is 7.98. The minimum absolute atomic E-state index is 0.154. The molecule has 14 bridgehead atoms. The number of carboxylic acids is 2. The predicted octanol–water partition coefficient (Wildman–Crippen LogP) is 7.96. The van der Waals surface area contributed by atoms with Crippen LogP contribution in [0.25, 0.3) is 44.4 Å². The standard InChI is InChI=1S/C40H32N4O4/c45-39(46)37-29-15-27-35-21-9-5-19(6-10-21)33(35)25(42-27)13-23-31-17-1-2-18(4-3-17)32(31)24(41-23)14-26-34-20-7-11-22(12-8-20)36(34)28(43-26)16-30(44-29)38(37)40(47)48/h1-2,5,7,9,11,13-22,42-43H,3-4,6,8,10,12H2,(H,45,46)(H,47,48). The van der Waals surface area contributed by atoms with Crippen molar-refractivity contribution >= 4 is 56.3 Å². The third-order valence-corrected chi connectivity index (χ3v) is 12.2. The number of aromatic amines is 2. The minimum atomic E-state index is -1.30. The summed E-state index contributed by atoms with van der Waals surface area (Å²) >= 11 is 0. The molecule has 236 valence electrons. The van der Waals surface area contributed by atoms with Crippen molar-refractivity contribution in [2.45, 2.75) is 62.2 Å². The van der Waals surface area contributed by atoms with Crippen LogP contribution >= 0.6 is 0 Å². The van der Waals surface area contributed by atoms with E-state index in [1.54, 1.807) is 12.1 Å². The predicted molar refractivity (Wildman–Crippen MR) is 183 cm³/mol. The van der Waals surface area contributed by atoms with Crippen LogP contribution in [-0.2, 0) is 9.59 Å². The van der Waals surface area contributed by atoms with Gasteiger partial charge in [-0.05, 0) is 96.2 Å². The molecule has 48 heavy (non-hydrogen) atoms.